The highest BCUT2D eigenvalue weighted by Crippen LogP contribution is 2.27. The van der Waals surface area contributed by atoms with Crippen LogP contribution in [0.2, 0.25) is 0 Å². The van der Waals surface area contributed by atoms with E-state index in [1.54, 1.807) is 12.3 Å². The van der Waals surface area contributed by atoms with E-state index in [0.29, 0.717) is 6.54 Å². The van der Waals surface area contributed by atoms with E-state index < -0.39 is 0 Å². The van der Waals surface area contributed by atoms with Gasteiger partial charge in [0.1, 0.15) is 0 Å². The van der Waals surface area contributed by atoms with Gasteiger partial charge in [0.15, 0.2) is 0 Å². The third-order valence-corrected chi connectivity index (χ3v) is 4.25. The molecule has 0 unspecified atom stereocenters. The number of H-pyrrole nitrogens is 1. The standard InChI is InChI=1S/C20H16N3O/c1-2-13-4-3-5-14(10-13)18-11-15(6-8-21-18)19-12-16-17(23-19)7-9-22-20(16)24/h1-6,8,10-12,23H,7,9H2,(H,22,24). The number of carbonyl (C=O) groups is 1. The van der Waals surface area contributed by atoms with E-state index >= 15 is 0 Å². The van der Waals surface area contributed by atoms with E-state index in [1.807, 2.05) is 42.5 Å². The summed E-state index contributed by atoms with van der Waals surface area (Å²) in [5, 5.41) is 2.87. The summed E-state index contributed by atoms with van der Waals surface area (Å²) in [5.74, 6) is -0.0146. The lowest BCUT2D eigenvalue weighted by atomic mass is 10.0. The molecule has 1 aliphatic heterocycles. The first kappa shape index (κ1) is 14.5. The first-order chi connectivity index (χ1) is 11.7. The molecule has 24 heavy (non-hydrogen) atoms. The number of rotatable bonds is 3. The minimum absolute atomic E-state index is 0.0146. The van der Waals surface area contributed by atoms with Gasteiger partial charge >= 0.3 is 0 Å². The van der Waals surface area contributed by atoms with Crippen molar-refractivity contribution in [3.8, 4) is 22.5 Å². The molecule has 0 aliphatic carbocycles. The number of hydrogen-bond donors (Lipinski definition) is 2. The van der Waals surface area contributed by atoms with Gasteiger partial charge in [-0.3, -0.25) is 9.78 Å². The Balaban J connectivity index is 1.75. The summed E-state index contributed by atoms with van der Waals surface area (Å²) in [4.78, 5) is 19.8. The van der Waals surface area contributed by atoms with Crippen molar-refractivity contribution in [3.05, 3.63) is 72.1 Å². The van der Waals surface area contributed by atoms with Crippen molar-refractivity contribution in [2.24, 2.45) is 0 Å². The van der Waals surface area contributed by atoms with E-state index in [2.05, 4.69) is 15.3 Å². The maximum absolute atomic E-state index is 11.9. The van der Waals surface area contributed by atoms with Gasteiger partial charge in [-0.25, -0.2) is 0 Å². The quantitative estimate of drug-likeness (QED) is 0.777. The average molecular weight is 314 g/mol. The zero-order valence-corrected chi connectivity index (χ0v) is 13.0. The van der Waals surface area contributed by atoms with Crippen LogP contribution < -0.4 is 5.32 Å². The normalized spacial score (nSPS) is 13.2. The van der Waals surface area contributed by atoms with Gasteiger partial charge in [0.05, 0.1) is 11.3 Å². The van der Waals surface area contributed by atoms with Gasteiger partial charge < -0.3 is 10.3 Å². The van der Waals surface area contributed by atoms with Crippen molar-refractivity contribution in [2.75, 3.05) is 6.54 Å². The molecular formula is C20H16N3O. The van der Waals surface area contributed by atoms with Crippen LogP contribution in [-0.2, 0) is 6.42 Å². The Bertz CT molecular complexity index is 940. The lowest BCUT2D eigenvalue weighted by molar-refractivity contribution is 0.0946. The van der Waals surface area contributed by atoms with E-state index in [9.17, 15) is 4.79 Å². The van der Waals surface area contributed by atoms with Crippen molar-refractivity contribution in [2.45, 2.75) is 6.42 Å². The Labute approximate surface area is 140 Å². The molecule has 3 heterocycles. The van der Waals surface area contributed by atoms with Gasteiger partial charge in [0, 0.05) is 41.7 Å². The maximum atomic E-state index is 11.9. The van der Waals surface area contributed by atoms with Crippen LogP contribution in [0.5, 0.6) is 0 Å². The van der Waals surface area contributed by atoms with Crippen LogP contribution in [0.25, 0.3) is 28.6 Å². The molecule has 4 rings (SSSR count). The number of fused-ring (bicyclic) bond motifs is 1. The summed E-state index contributed by atoms with van der Waals surface area (Å²) in [6.45, 7) is 6.27. The summed E-state index contributed by atoms with van der Waals surface area (Å²) >= 11 is 0. The summed E-state index contributed by atoms with van der Waals surface area (Å²) in [5.41, 5.74) is 6.48. The molecule has 2 N–H and O–H groups in total. The number of benzene rings is 1. The van der Waals surface area contributed by atoms with Gasteiger partial charge in [0.25, 0.3) is 5.91 Å². The molecule has 1 aromatic carbocycles. The van der Waals surface area contributed by atoms with Crippen molar-refractivity contribution in [1.82, 2.24) is 15.3 Å². The maximum Gasteiger partial charge on any atom is 0.253 e. The second kappa shape index (κ2) is 5.81. The van der Waals surface area contributed by atoms with E-state index in [-0.39, 0.29) is 5.91 Å². The lowest BCUT2D eigenvalue weighted by Crippen LogP contribution is -2.31. The molecule has 0 saturated heterocycles. The minimum atomic E-state index is -0.0146. The number of aromatic amines is 1. The molecule has 1 aliphatic rings. The first-order valence-electron chi connectivity index (χ1n) is 7.86. The van der Waals surface area contributed by atoms with Crippen LogP contribution in [0, 0.1) is 6.58 Å². The van der Waals surface area contributed by atoms with Gasteiger partial charge in [-0.1, -0.05) is 30.9 Å². The molecular weight excluding hydrogens is 298 g/mol. The molecule has 1 radical (unpaired) electrons. The molecule has 3 aromatic rings. The largest absolute Gasteiger partial charge is 0.358 e. The smallest absolute Gasteiger partial charge is 0.253 e. The summed E-state index contributed by atoms with van der Waals surface area (Å²) in [7, 11) is 0. The van der Waals surface area contributed by atoms with E-state index in [4.69, 9.17) is 6.58 Å². The molecule has 4 heteroatoms. The first-order valence-corrected chi connectivity index (χ1v) is 7.86. The fourth-order valence-corrected chi connectivity index (χ4v) is 3.01. The number of hydrogen-bond acceptors (Lipinski definition) is 2. The monoisotopic (exact) mass is 314 g/mol. The highest BCUT2D eigenvalue weighted by Gasteiger charge is 2.20. The van der Waals surface area contributed by atoms with Gasteiger partial charge in [0.2, 0.25) is 0 Å². The van der Waals surface area contributed by atoms with Crippen LogP contribution in [-0.4, -0.2) is 22.4 Å². The van der Waals surface area contributed by atoms with Crippen LogP contribution in [0.15, 0.2) is 48.7 Å². The van der Waals surface area contributed by atoms with Crippen LogP contribution >= 0.6 is 0 Å². The Hall–Kier alpha value is -3.14. The predicted molar refractivity (Wildman–Crippen MR) is 94.3 cm³/mol. The summed E-state index contributed by atoms with van der Waals surface area (Å²) in [6, 6.07) is 13.8. The predicted octanol–water partition coefficient (Wildman–Crippen LogP) is 3.48. The molecule has 0 atom stereocenters. The minimum Gasteiger partial charge on any atom is -0.358 e. The highest BCUT2D eigenvalue weighted by atomic mass is 16.1. The Morgan fingerprint density at radius 1 is 1.12 bits per heavy atom. The summed E-state index contributed by atoms with van der Waals surface area (Å²) in [6.07, 6.45) is 4.18. The van der Waals surface area contributed by atoms with Gasteiger partial charge in [-0.2, -0.15) is 0 Å². The molecule has 117 valence electrons. The van der Waals surface area contributed by atoms with Crippen molar-refractivity contribution >= 4 is 12.0 Å². The van der Waals surface area contributed by atoms with Crippen LogP contribution in [0.3, 0.4) is 0 Å². The summed E-state index contributed by atoms with van der Waals surface area (Å²) < 4.78 is 0. The zero-order chi connectivity index (χ0) is 16.5. The Kier molecular flexibility index (Phi) is 3.50. The lowest BCUT2D eigenvalue weighted by Gasteiger charge is -2.10. The second-order valence-electron chi connectivity index (χ2n) is 5.80. The fourth-order valence-electron chi connectivity index (χ4n) is 3.01. The van der Waals surface area contributed by atoms with Gasteiger partial charge in [-0.15, -0.1) is 0 Å². The topological polar surface area (TPSA) is 57.8 Å². The SMILES string of the molecule is [CH]=Cc1cccc(-c2cc(-c3cc4c([nH]3)CCNC4=O)ccn2)c1. The fraction of sp³-hybridized carbons (Fsp3) is 0.100. The molecule has 4 nitrogen and oxygen atoms in total. The Morgan fingerprint density at radius 3 is 2.88 bits per heavy atom. The Morgan fingerprint density at radius 2 is 2.04 bits per heavy atom. The molecule has 1 amide bonds. The van der Waals surface area contributed by atoms with Crippen molar-refractivity contribution < 1.29 is 4.79 Å². The number of nitrogens with one attached hydrogen (secondary N) is 2. The second-order valence-corrected chi connectivity index (χ2v) is 5.80. The molecule has 0 fully saturated rings. The molecule has 2 aromatic heterocycles. The third kappa shape index (κ3) is 2.52. The van der Waals surface area contributed by atoms with E-state index in [1.165, 1.54) is 0 Å². The zero-order valence-electron chi connectivity index (χ0n) is 13.0. The van der Waals surface area contributed by atoms with Crippen LogP contribution in [0.1, 0.15) is 21.6 Å². The third-order valence-electron chi connectivity index (χ3n) is 4.25. The van der Waals surface area contributed by atoms with Crippen molar-refractivity contribution in [1.29, 1.82) is 0 Å². The number of aromatic nitrogens is 2. The number of nitrogens with zero attached hydrogens (tertiary/aromatic N) is 1. The number of pyridine rings is 1. The molecule has 0 bridgehead atoms. The average Bonchev–Trinajstić information content (AvgIpc) is 3.08. The van der Waals surface area contributed by atoms with Crippen molar-refractivity contribution in [3.63, 3.8) is 0 Å². The van der Waals surface area contributed by atoms with Crippen LogP contribution in [0.4, 0.5) is 0 Å². The number of amides is 1. The highest BCUT2D eigenvalue weighted by molar-refractivity contribution is 5.97. The molecule has 0 saturated carbocycles. The molecule has 0 spiro atoms. The number of carbonyl (C=O) groups excluding carboxylic acids is 1. The van der Waals surface area contributed by atoms with E-state index in [0.717, 1.165) is 45.8 Å². The van der Waals surface area contributed by atoms with Gasteiger partial charge in [-0.05, 0) is 29.8 Å².